The number of aliphatic hydroxyl groups is 1. The van der Waals surface area contributed by atoms with Crippen LogP contribution in [0.5, 0.6) is 0 Å². The topological polar surface area (TPSA) is 141 Å². The molecule has 1 heterocycles. The van der Waals surface area contributed by atoms with Crippen molar-refractivity contribution >= 4 is 18.2 Å². The molecule has 4 amide bonds. The van der Waals surface area contributed by atoms with E-state index in [9.17, 15) is 14.4 Å². The maximum atomic E-state index is 11.5. The van der Waals surface area contributed by atoms with E-state index in [0.29, 0.717) is 13.1 Å². The largest absolute Gasteiger partial charge is 0.444 e. The van der Waals surface area contributed by atoms with Gasteiger partial charge in [-0.05, 0) is 13.8 Å². The quantitative estimate of drug-likeness (QED) is 0.299. The summed E-state index contributed by atoms with van der Waals surface area (Å²) in [7, 11) is 0. The Labute approximate surface area is 120 Å². The fourth-order valence-electron chi connectivity index (χ4n) is 1.76. The molecule has 0 radical (unpaired) electrons. The first-order valence-electron chi connectivity index (χ1n) is 6.15. The molecule has 2 atom stereocenters. The van der Waals surface area contributed by atoms with Crippen LogP contribution in [-0.4, -0.2) is 70.6 Å². The van der Waals surface area contributed by atoms with Crippen molar-refractivity contribution in [2.45, 2.75) is 26.3 Å². The molecule has 21 heavy (non-hydrogen) atoms. The van der Waals surface area contributed by atoms with E-state index in [1.165, 1.54) is 18.7 Å². The molecule has 1 aliphatic rings. The summed E-state index contributed by atoms with van der Waals surface area (Å²) >= 11 is 0. The highest BCUT2D eigenvalue weighted by Gasteiger charge is 2.32. The first-order chi connectivity index (χ1) is 9.86. The van der Waals surface area contributed by atoms with E-state index >= 15 is 0 Å². The average Bonchev–Trinajstić information content (AvgIpc) is 2.83. The van der Waals surface area contributed by atoms with Crippen molar-refractivity contribution in [1.82, 2.24) is 20.4 Å². The third-order valence-electron chi connectivity index (χ3n) is 2.78. The lowest BCUT2D eigenvalue weighted by Crippen LogP contribution is -2.54. The summed E-state index contributed by atoms with van der Waals surface area (Å²) in [5.41, 5.74) is 0. The summed E-state index contributed by atoms with van der Waals surface area (Å²) in [6, 6.07) is -0.384. The van der Waals surface area contributed by atoms with Gasteiger partial charge in [0.05, 0.1) is 0 Å². The summed E-state index contributed by atoms with van der Waals surface area (Å²) in [4.78, 5) is 40.1. The maximum Gasteiger partial charge on any atom is 0.444 e. The number of carbonyl (C=O) groups excluding carboxylic acids is 3. The molecule has 11 nitrogen and oxygen atoms in total. The van der Waals surface area contributed by atoms with Crippen LogP contribution < -0.4 is 10.6 Å². The number of hydrogen-bond acceptors (Lipinski definition) is 7. The molecule has 2 unspecified atom stereocenters. The number of rotatable bonds is 5. The zero-order valence-electron chi connectivity index (χ0n) is 11.6. The van der Waals surface area contributed by atoms with Gasteiger partial charge in [-0.2, -0.15) is 5.26 Å². The summed E-state index contributed by atoms with van der Waals surface area (Å²) < 4.78 is 4.41. The molecule has 0 saturated carbocycles. The summed E-state index contributed by atoms with van der Waals surface area (Å²) in [6.45, 7) is 3.13. The van der Waals surface area contributed by atoms with Crippen molar-refractivity contribution in [3.8, 4) is 0 Å². The highest BCUT2D eigenvalue weighted by molar-refractivity contribution is 5.77. The minimum atomic E-state index is -1.31. The Kier molecular flexibility index (Phi) is 5.99. The number of ether oxygens (including phenoxy) is 1. The van der Waals surface area contributed by atoms with Gasteiger partial charge in [-0.15, -0.1) is 0 Å². The molecule has 1 rings (SSSR count). The van der Waals surface area contributed by atoms with Gasteiger partial charge in [-0.1, -0.05) is 0 Å². The average molecular weight is 306 g/mol. The summed E-state index contributed by atoms with van der Waals surface area (Å²) in [5, 5.41) is 22.1. The van der Waals surface area contributed by atoms with E-state index < -0.39 is 31.3 Å². The minimum Gasteiger partial charge on any atom is -0.420 e. The van der Waals surface area contributed by atoms with Gasteiger partial charge in [0.2, 0.25) is 0 Å². The molecular weight excluding hydrogens is 288 g/mol. The molecule has 0 aromatic rings. The molecule has 0 aromatic heterocycles. The number of nitrogens with one attached hydrogen (secondary N) is 2. The molecule has 1 aliphatic heterocycles. The number of nitrogens with zero attached hydrogens (tertiary/aromatic N) is 2. The molecule has 0 spiro atoms. The van der Waals surface area contributed by atoms with Crippen LogP contribution in [-0.2, 0) is 9.62 Å². The second-order valence-corrected chi connectivity index (χ2v) is 4.22. The van der Waals surface area contributed by atoms with Crippen molar-refractivity contribution in [3.05, 3.63) is 0 Å². The van der Waals surface area contributed by atoms with Gasteiger partial charge in [0.15, 0.2) is 6.29 Å². The van der Waals surface area contributed by atoms with Crippen molar-refractivity contribution in [2.75, 3.05) is 19.8 Å². The first-order valence-corrected chi connectivity index (χ1v) is 6.15. The zero-order valence-corrected chi connectivity index (χ0v) is 11.6. The second kappa shape index (κ2) is 7.50. The van der Waals surface area contributed by atoms with Crippen molar-refractivity contribution in [1.29, 1.82) is 0 Å². The van der Waals surface area contributed by atoms with E-state index in [0.717, 1.165) is 4.90 Å². The number of alkyl carbamates (subject to hydrolysis) is 1. The van der Waals surface area contributed by atoms with Crippen LogP contribution in [0.3, 0.4) is 0 Å². The predicted octanol–water partition coefficient (Wildman–Crippen LogP) is -0.709. The lowest BCUT2D eigenvalue weighted by Gasteiger charge is -2.32. The normalized spacial score (nSPS) is 16.8. The molecule has 1 fully saturated rings. The lowest BCUT2D eigenvalue weighted by molar-refractivity contribution is -0.192. The van der Waals surface area contributed by atoms with Gasteiger partial charge in [-0.3, -0.25) is 9.79 Å². The molecule has 11 heteroatoms. The third-order valence-corrected chi connectivity index (χ3v) is 2.78. The summed E-state index contributed by atoms with van der Waals surface area (Å²) in [5.74, 6) is 0. The van der Waals surface area contributed by atoms with Gasteiger partial charge < -0.3 is 25.4 Å². The molecule has 0 aliphatic carbocycles. The highest BCUT2D eigenvalue weighted by Crippen LogP contribution is 2.10. The van der Waals surface area contributed by atoms with Crippen LogP contribution in [0.4, 0.5) is 14.4 Å². The minimum absolute atomic E-state index is 0.354. The second-order valence-electron chi connectivity index (χ2n) is 4.22. The molecular formula is C10H18N4O7. The SMILES string of the molecule is CC(O)OC(=O)NCN(C(=O)OO)C(C)N1CCNC1=O. The number of amides is 4. The fourth-order valence-corrected chi connectivity index (χ4v) is 1.76. The van der Waals surface area contributed by atoms with Gasteiger partial charge in [-0.25, -0.2) is 14.4 Å². The first kappa shape index (κ1) is 16.8. The highest BCUT2D eigenvalue weighted by atomic mass is 17.1. The van der Waals surface area contributed by atoms with E-state index in [2.05, 4.69) is 20.3 Å². The summed E-state index contributed by atoms with van der Waals surface area (Å²) in [6.07, 6.45) is -4.22. The Morgan fingerprint density at radius 3 is 2.67 bits per heavy atom. The van der Waals surface area contributed by atoms with Crippen molar-refractivity contribution in [3.63, 3.8) is 0 Å². The number of carbonyl (C=O) groups is 3. The maximum absolute atomic E-state index is 11.5. The molecule has 1 saturated heterocycles. The van der Waals surface area contributed by atoms with Crippen LogP contribution in [0.15, 0.2) is 0 Å². The molecule has 4 N–H and O–H groups in total. The Morgan fingerprint density at radius 1 is 1.52 bits per heavy atom. The van der Waals surface area contributed by atoms with Crippen molar-refractivity contribution < 1.29 is 34.4 Å². The standard InChI is InChI=1S/C10H18N4O7/c1-6(13-4-3-11-8(13)16)14(10(18)21-19)5-12-9(17)20-7(2)15/h6-7,15,19H,3-5H2,1-2H3,(H,11,16)(H,12,17). The smallest absolute Gasteiger partial charge is 0.420 e. The van der Waals surface area contributed by atoms with E-state index in [1.54, 1.807) is 0 Å². The Morgan fingerprint density at radius 2 is 2.19 bits per heavy atom. The fraction of sp³-hybridized carbons (Fsp3) is 0.700. The number of aliphatic hydroxyl groups excluding tert-OH is 1. The van der Waals surface area contributed by atoms with E-state index in [1.807, 2.05) is 0 Å². The van der Waals surface area contributed by atoms with Crippen LogP contribution in [0.2, 0.25) is 0 Å². The van der Waals surface area contributed by atoms with Crippen molar-refractivity contribution in [2.24, 2.45) is 0 Å². The Bertz CT molecular complexity index is 403. The molecule has 0 aromatic carbocycles. The van der Waals surface area contributed by atoms with Gasteiger partial charge in [0.25, 0.3) is 0 Å². The number of hydrogen-bond donors (Lipinski definition) is 4. The van der Waals surface area contributed by atoms with Crippen LogP contribution in [0.1, 0.15) is 13.8 Å². The Balaban J connectivity index is 2.65. The zero-order chi connectivity index (χ0) is 16.0. The van der Waals surface area contributed by atoms with Gasteiger partial charge in [0.1, 0.15) is 12.8 Å². The van der Waals surface area contributed by atoms with Gasteiger partial charge >= 0.3 is 18.2 Å². The van der Waals surface area contributed by atoms with E-state index in [4.69, 9.17) is 10.4 Å². The Hall–Kier alpha value is -2.27. The monoisotopic (exact) mass is 306 g/mol. The lowest BCUT2D eigenvalue weighted by atomic mass is 10.4. The molecule has 0 bridgehead atoms. The van der Waals surface area contributed by atoms with Gasteiger partial charge in [0, 0.05) is 13.1 Å². The molecule has 120 valence electrons. The third kappa shape index (κ3) is 4.65. The van der Waals surface area contributed by atoms with E-state index in [-0.39, 0.29) is 6.03 Å². The number of urea groups is 1. The van der Waals surface area contributed by atoms with Crippen LogP contribution in [0.25, 0.3) is 0 Å². The predicted molar refractivity (Wildman–Crippen MR) is 66.7 cm³/mol. The van der Waals surface area contributed by atoms with Crippen LogP contribution >= 0.6 is 0 Å². The van der Waals surface area contributed by atoms with Crippen LogP contribution in [0, 0.1) is 0 Å².